The fourth-order valence-electron chi connectivity index (χ4n) is 3.61. The molecular weight excluding hydrogens is 310 g/mol. The maximum Gasteiger partial charge on any atom is 0.147 e. The number of hydrogen-bond donors (Lipinski definition) is 1. The second-order valence-electron chi connectivity index (χ2n) is 6.66. The number of ether oxygens (including phenoxy) is 2. The molecule has 0 amide bonds. The number of nitrogens with one attached hydrogen (secondary N) is 1. The van der Waals surface area contributed by atoms with Crippen LogP contribution >= 0.6 is 11.3 Å². The maximum absolute atomic E-state index is 6.16. The van der Waals surface area contributed by atoms with Crippen molar-refractivity contribution in [2.45, 2.75) is 38.2 Å². The molecule has 1 unspecified atom stereocenters. The fraction of sp³-hybridized carbons (Fsp3) is 0.647. The summed E-state index contributed by atoms with van der Waals surface area (Å²) in [6.45, 7) is 3.61. The van der Waals surface area contributed by atoms with Crippen LogP contribution in [0.4, 0.5) is 5.82 Å². The van der Waals surface area contributed by atoms with E-state index in [0.29, 0.717) is 11.5 Å². The Morgan fingerprint density at radius 3 is 3.00 bits per heavy atom. The molecule has 23 heavy (non-hydrogen) atoms. The van der Waals surface area contributed by atoms with Crippen LogP contribution in [0.25, 0.3) is 10.2 Å². The van der Waals surface area contributed by atoms with Crippen LogP contribution in [0.3, 0.4) is 0 Å². The van der Waals surface area contributed by atoms with Gasteiger partial charge < -0.3 is 14.8 Å². The molecule has 2 aromatic rings. The Hall–Kier alpha value is -1.24. The van der Waals surface area contributed by atoms with E-state index in [1.54, 1.807) is 17.7 Å². The standard InChI is InChI=1S/C17H23N3O2S/c1-4-17(5-8-21-9-6-17)11-22-13(1)2-7-18-16-15-14(3-10-23-15)19-12-20-16/h3,10,12-13H,1-2,4-9,11H2,(H,18,19,20). The smallest absolute Gasteiger partial charge is 0.147 e. The zero-order valence-electron chi connectivity index (χ0n) is 13.3. The number of hydrogen-bond acceptors (Lipinski definition) is 6. The van der Waals surface area contributed by atoms with E-state index in [2.05, 4.69) is 20.7 Å². The molecule has 0 aliphatic carbocycles. The number of nitrogens with zero attached hydrogens (tertiary/aromatic N) is 2. The average Bonchev–Trinajstić information content (AvgIpc) is 3.07. The first-order valence-corrected chi connectivity index (χ1v) is 9.34. The molecule has 124 valence electrons. The Morgan fingerprint density at radius 1 is 1.26 bits per heavy atom. The number of anilines is 1. The third kappa shape index (κ3) is 3.34. The number of fused-ring (bicyclic) bond motifs is 1. The van der Waals surface area contributed by atoms with Gasteiger partial charge in [-0.15, -0.1) is 11.3 Å². The first kappa shape index (κ1) is 15.3. The molecule has 0 radical (unpaired) electrons. The van der Waals surface area contributed by atoms with Gasteiger partial charge in [-0.05, 0) is 49.0 Å². The highest BCUT2D eigenvalue weighted by atomic mass is 32.1. The summed E-state index contributed by atoms with van der Waals surface area (Å²) in [4.78, 5) is 8.64. The number of thiophene rings is 1. The zero-order chi connectivity index (χ0) is 15.5. The molecule has 0 bridgehead atoms. The van der Waals surface area contributed by atoms with Crippen LogP contribution < -0.4 is 5.32 Å². The second-order valence-corrected chi connectivity index (χ2v) is 7.57. The Balaban J connectivity index is 1.27. The molecule has 2 saturated heterocycles. The van der Waals surface area contributed by atoms with Crippen molar-refractivity contribution >= 4 is 27.4 Å². The second kappa shape index (κ2) is 6.71. The van der Waals surface area contributed by atoms with E-state index in [-0.39, 0.29) is 0 Å². The molecule has 6 heteroatoms. The minimum atomic E-state index is 0.372. The van der Waals surface area contributed by atoms with E-state index in [1.165, 1.54) is 12.8 Å². The van der Waals surface area contributed by atoms with Gasteiger partial charge in [0.25, 0.3) is 0 Å². The molecule has 4 rings (SSSR count). The van der Waals surface area contributed by atoms with Crippen molar-refractivity contribution < 1.29 is 9.47 Å². The highest BCUT2D eigenvalue weighted by Crippen LogP contribution is 2.40. The summed E-state index contributed by atoms with van der Waals surface area (Å²) in [5, 5.41) is 5.51. The maximum atomic E-state index is 6.16. The third-order valence-electron chi connectivity index (χ3n) is 5.18. The Labute approximate surface area is 140 Å². The largest absolute Gasteiger partial charge is 0.381 e. The van der Waals surface area contributed by atoms with Crippen molar-refractivity contribution in [1.29, 1.82) is 0 Å². The lowest BCUT2D eigenvalue weighted by molar-refractivity contribution is -0.105. The van der Waals surface area contributed by atoms with Gasteiger partial charge in [0.15, 0.2) is 0 Å². The summed E-state index contributed by atoms with van der Waals surface area (Å²) in [5.74, 6) is 0.946. The predicted molar refractivity (Wildman–Crippen MR) is 92.0 cm³/mol. The predicted octanol–water partition coefficient (Wildman–Crippen LogP) is 3.47. The number of rotatable bonds is 4. The summed E-state index contributed by atoms with van der Waals surface area (Å²) in [5.41, 5.74) is 1.42. The SMILES string of the molecule is c1nc(NCCC2CCC3(CCOCC3)CO2)c2sccc2n1. The molecule has 2 aliphatic rings. The number of aromatic nitrogens is 2. The van der Waals surface area contributed by atoms with E-state index in [9.17, 15) is 0 Å². The van der Waals surface area contributed by atoms with Crippen molar-refractivity contribution in [3.63, 3.8) is 0 Å². The molecular formula is C17H23N3O2S. The van der Waals surface area contributed by atoms with Crippen LogP contribution in [-0.2, 0) is 9.47 Å². The van der Waals surface area contributed by atoms with E-state index < -0.39 is 0 Å². The monoisotopic (exact) mass is 333 g/mol. The lowest BCUT2D eigenvalue weighted by Crippen LogP contribution is -2.40. The molecule has 5 nitrogen and oxygen atoms in total. The normalized spacial score (nSPS) is 24.1. The van der Waals surface area contributed by atoms with Gasteiger partial charge in [-0.3, -0.25) is 0 Å². The zero-order valence-corrected chi connectivity index (χ0v) is 14.1. The topological polar surface area (TPSA) is 56.3 Å². The summed E-state index contributed by atoms with van der Waals surface area (Å²) in [6, 6.07) is 2.03. The minimum absolute atomic E-state index is 0.372. The van der Waals surface area contributed by atoms with Gasteiger partial charge in [0, 0.05) is 19.8 Å². The summed E-state index contributed by atoms with van der Waals surface area (Å²) in [6.07, 6.45) is 7.80. The van der Waals surface area contributed by atoms with Crippen molar-refractivity contribution in [2.24, 2.45) is 5.41 Å². The van der Waals surface area contributed by atoms with Crippen LogP contribution in [0.1, 0.15) is 32.1 Å². The third-order valence-corrected chi connectivity index (χ3v) is 6.09. The van der Waals surface area contributed by atoms with E-state index >= 15 is 0 Å². The average molecular weight is 333 g/mol. The summed E-state index contributed by atoms with van der Waals surface area (Å²) >= 11 is 1.68. The van der Waals surface area contributed by atoms with Gasteiger partial charge in [0.05, 0.1) is 22.9 Å². The Morgan fingerprint density at radius 2 is 2.17 bits per heavy atom. The van der Waals surface area contributed by atoms with Crippen LogP contribution in [0.15, 0.2) is 17.8 Å². The molecule has 2 fully saturated rings. The minimum Gasteiger partial charge on any atom is -0.381 e. The van der Waals surface area contributed by atoms with Gasteiger partial charge in [-0.2, -0.15) is 0 Å². The van der Waals surface area contributed by atoms with Gasteiger partial charge in [-0.1, -0.05) is 0 Å². The highest BCUT2D eigenvalue weighted by molar-refractivity contribution is 7.17. The van der Waals surface area contributed by atoms with E-state index in [1.807, 2.05) is 6.07 Å². The van der Waals surface area contributed by atoms with Crippen molar-refractivity contribution in [3.05, 3.63) is 17.8 Å². The van der Waals surface area contributed by atoms with Crippen LogP contribution in [0, 0.1) is 5.41 Å². The molecule has 1 atom stereocenters. The van der Waals surface area contributed by atoms with Crippen molar-refractivity contribution in [1.82, 2.24) is 9.97 Å². The van der Waals surface area contributed by atoms with Crippen molar-refractivity contribution in [3.8, 4) is 0 Å². The van der Waals surface area contributed by atoms with E-state index in [4.69, 9.17) is 9.47 Å². The molecule has 2 aromatic heterocycles. The van der Waals surface area contributed by atoms with Crippen LogP contribution in [0.5, 0.6) is 0 Å². The lowest BCUT2D eigenvalue weighted by atomic mass is 9.75. The summed E-state index contributed by atoms with van der Waals surface area (Å²) < 4.78 is 12.8. The molecule has 2 aliphatic heterocycles. The van der Waals surface area contributed by atoms with Gasteiger partial charge in [0.2, 0.25) is 0 Å². The molecule has 4 heterocycles. The van der Waals surface area contributed by atoms with E-state index in [0.717, 1.165) is 61.7 Å². The molecule has 1 spiro atoms. The van der Waals surface area contributed by atoms with Crippen LogP contribution in [-0.4, -0.2) is 42.4 Å². The first-order chi connectivity index (χ1) is 11.3. The highest BCUT2D eigenvalue weighted by Gasteiger charge is 2.37. The van der Waals surface area contributed by atoms with Crippen molar-refractivity contribution in [2.75, 3.05) is 31.7 Å². The molecule has 1 N–H and O–H groups in total. The Bertz CT molecular complexity index is 644. The summed E-state index contributed by atoms with van der Waals surface area (Å²) in [7, 11) is 0. The van der Waals surface area contributed by atoms with Gasteiger partial charge >= 0.3 is 0 Å². The van der Waals surface area contributed by atoms with Gasteiger partial charge in [0.1, 0.15) is 12.1 Å². The Kier molecular flexibility index (Phi) is 4.46. The quantitative estimate of drug-likeness (QED) is 0.928. The van der Waals surface area contributed by atoms with Gasteiger partial charge in [-0.25, -0.2) is 9.97 Å². The molecule has 0 aromatic carbocycles. The first-order valence-electron chi connectivity index (χ1n) is 8.46. The lowest BCUT2D eigenvalue weighted by Gasteiger charge is -2.42. The molecule has 0 saturated carbocycles. The van der Waals surface area contributed by atoms with Crippen LogP contribution in [0.2, 0.25) is 0 Å². The fourth-order valence-corrected chi connectivity index (χ4v) is 4.42.